The molecule has 0 unspecified atom stereocenters. The van der Waals surface area contributed by atoms with Gasteiger partial charge >= 0.3 is 0 Å². The molecule has 3 heteroatoms. The Labute approximate surface area is 100 Å². The minimum absolute atomic E-state index is 0.170. The number of hydrogen-bond donors (Lipinski definition) is 2. The van der Waals surface area contributed by atoms with E-state index < -0.39 is 0 Å². The zero-order chi connectivity index (χ0) is 12.2. The van der Waals surface area contributed by atoms with Crippen LogP contribution in [0.15, 0.2) is 0 Å². The third-order valence-corrected chi connectivity index (χ3v) is 2.53. The molecule has 0 aliphatic carbocycles. The van der Waals surface area contributed by atoms with E-state index in [1.165, 1.54) is 19.3 Å². The van der Waals surface area contributed by atoms with Gasteiger partial charge in [-0.1, -0.05) is 33.6 Å². The van der Waals surface area contributed by atoms with Crippen molar-refractivity contribution in [3.05, 3.63) is 0 Å². The van der Waals surface area contributed by atoms with Gasteiger partial charge in [0.15, 0.2) is 0 Å². The van der Waals surface area contributed by atoms with E-state index in [0.29, 0.717) is 12.3 Å². The summed E-state index contributed by atoms with van der Waals surface area (Å²) in [5.41, 5.74) is 0. The van der Waals surface area contributed by atoms with E-state index in [9.17, 15) is 4.79 Å². The second-order valence-electron chi connectivity index (χ2n) is 4.74. The van der Waals surface area contributed by atoms with Crippen LogP contribution in [0.4, 0.5) is 0 Å². The Morgan fingerprint density at radius 2 is 1.88 bits per heavy atom. The Kier molecular flexibility index (Phi) is 10.5. The molecule has 0 radical (unpaired) electrons. The van der Waals surface area contributed by atoms with Gasteiger partial charge in [-0.05, 0) is 25.3 Å². The second kappa shape index (κ2) is 10.9. The zero-order valence-electron chi connectivity index (χ0n) is 11.1. The maximum atomic E-state index is 11.4. The molecule has 0 aromatic heterocycles. The number of rotatable bonds is 10. The first-order chi connectivity index (χ1) is 7.66. The van der Waals surface area contributed by atoms with Gasteiger partial charge in [0, 0.05) is 19.5 Å². The van der Waals surface area contributed by atoms with E-state index in [-0.39, 0.29) is 5.91 Å². The molecule has 0 aromatic rings. The highest BCUT2D eigenvalue weighted by Crippen LogP contribution is 1.96. The highest BCUT2D eigenvalue weighted by Gasteiger charge is 2.00. The fraction of sp³-hybridized carbons (Fsp3) is 0.923. The number of unbranched alkanes of at least 4 members (excludes halogenated alkanes) is 2. The van der Waals surface area contributed by atoms with Crippen LogP contribution in [0.25, 0.3) is 0 Å². The van der Waals surface area contributed by atoms with E-state index in [0.717, 1.165) is 26.1 Å². The highest BCUT2D eigenvalue weighted by molar-refractivity contribution is 5.75. The molecule has 0 aliphatic heterocycles. The van der Waals surface area contributed by atoms with Gasteiger partial charge < -0.3 is 10.6 Å². The monoisotopic (exact) mass is 228 g/mol. The molecule has 16 heavy (non-hydrogen) atoms. The van der Waals surface area contributed by atoms with Gasteiger partial charge in [0.05, 0.1) is 0 Å². The van der Waals surface area contributed by atoms with E-state index in [4.69, 9.17) is 0 Å². The largest absolute Gasteiger partial charge is 0.356 e. The normalized spacial score (nSPS) is 10.8. The SMILES string of the molecule is CCCCCNCCC(=O)NCCC(C)C. The summed E-state index contributed by atoms with van der Waals surface area (Å²) in [6.07, 6.45) is 5.40. The van der Waals surface area contributed by atoms with E-state index in [2.05, 4.69) is 31.4 Å². The average Bonchev–Trinajstić information content (AvgIpc) is 2.22. The molecule has 0 aromatic carbocycles. The van der Waals surface area contributed by atoms with E-state index in [1.54, 1.807) is 0 Å². The Hall–Kier alpha value is -0.570. The van der Waals surface area contributed by atoms with Crippen molar-refractivity contribution in [2.75, 3.05) is 19.6 Å². The summed E-state index contributed by atoms with van der Waals surface area (Å²) in [5.74, 6) is 0.830. The van der Waals surface area contributed by atoms with Gasteiger partial charge in [0.25, 0.3) is 0 Å². The Morgan fingerprint density at radius 1 is 1.12 bits per heavy atom. The summed E-state index contributed by atoms with van der Waals surface area (Å²) in [6.45, 7) is 9.18. The number of carbonyl (C=O) groups is 1. The molecular weight excluding hydrogens is 200 g/mol. The van der Waals surface area contributed by atoms with Crippen LogP contribution in [0, 0.1) is 5.92 Å². The zero-order valence-corrected chi connectivity index (χ0v) is 11.1. The Bertz CT molecular complexity index is 169. The van der Waals surface area contributed by atoms with Crippen molar-refractivity contribution >= 4 is 5.91 Å². The summed E-state index contributed by atoms with van der Waals surface area (Å²) in [5, 5.41) is 6.23. The molecule has 96 valence electrons. The van der Waals surface area contributed by atoms with Crippen molar-refractivity contribution in [2.24, 2.45) is 5.92 Å². The maximum Gasteiger partial charge on any atom is 0.221 e. The molecule has 0 saturated carbocycles. The average molecular weight is 228 g/mol. The minimum atomic E-state index is 0.170. The molecule has 0 atom stereocenters. The lowest BCUT2D eigenvalue weighted by atomic mass is 10.1. The lowest BCUT2D eigenvalue weighted by Crippen LogP contribution is -2.29. The fourth-order valence-electron chi connectivity index (χ4n) is 1.42. The molecule has 0 spiro atoms. The van der Waals surface area contributed by atoms with Gasteiger partial charge in [-0.2, -0.15) is 0 Å². The van der Waals surface area contributed by atoms with Crippen LogP contribution in [0.3, 0.4) is 0 Å². The number of amides is 1. The third-order valence-electron chi connectivity index (χ3n) is 2.53. The summed E-state index contributed by atoms with van der Waals surface area (Å²) in [6, 6.07) is 0. The van der Waals surface area contributed by atoms with Gasteiger partial charge in [0.1, 0.15) is 0 Å². The van der Waals surface area contributed by atoms with Gasteiger partial charge in [0.2, 0.25) is 5.91 Å². The van der Waals surface area contributed by atoms with Gasteiger partial charge in [-0.25, -0.2) is 0 Å². The molecule has 1 amide bonds. The molecular formula is C13H28N2O. The number of nitrogens with one attached hydrogen (secondary N) is 2. The summed E-state index contributed by atoms with van der Waals surface area (Å²) >= 11 is 0. The van der Waals surface area contributed by atoms with Gasteiger partial charge in [-0.3, -0.25) is 4.79 Å². The number of hydrogen-bond acceptors (Lipinski definition) is 2. The molecule has 0 rings (SSSR count). The molecule has 0 aliphatic rings. The van der Waals surface area contributed by atoms with Crippen molar-refractivity contribution in [3.63, 3.8) is 0 Å². The van der Waals surface area contributed by atoms with E-state index in [1.807, 2.05) is 0 Å². The molecule has 0 heterocycles. The predicted octanol–water partition coefficient (Wildman–Crippen LogP) is 2.32. The topological polar surface area (TPSA) is 41.1 Å². The quantitative estimate of drug-likeness (QED) is 0.563. The molecule has 3 nitrogen and oxygen atoms in total. The van der Waals surface area contributed by atoms with Crippen LogP contribution in [-0.2, 0) is 4.79 Å². The van der Waals surface area contributed by atoms with Crippen molar-refractivity contribution in [2.45, 2.75) is 52.9 Å². The third kappa shape index (κ3) is 11.5. The first kappa shape index (κ1) is 15.4. The number of carbonyl (C=O) groups excluding carboxylic acids is 1. The van der Waals surface area contributed by atoms with E-state index >= 15 is 0 Å². The van der Waals surface area contributed by atoms with Gasteiger partial charge in [-0.15, -0.1) is 0 Å². The van der Waals surface area contributed by atoms with Crippen molar-refractivity contribution in [3.8, 4) is 0 Å². The van der Waals surface area contributed by atoms with Crippen LogP contribution in [0.1, 0.15) is 52.9 Å². The maximum absolute atomic E-state index is 11.4. The van der Waals surface area contributed by atoms with Crippen LogP contribution >= 0.6 is 0 Å². The standard InChI is InChI=1S/C13H28N2O/c1-4-5-6-9-14-10-8-13(16)15-11-7-12(2)3/h12,14H,4-11H2,1-3H3,(H,15,16). The van der Waals surface area contributed by atoms with Crippen molar-refractivity contribution < 1.29 is 4.79 Å². The van der Waals surface area contributed by atoms with Crippen molar-refractivity contribution in [1.29, 1.82) is 0 Å². The van der Waals surface area contributed by atoms with Crippen LogP contribution in [0.2, 0.25) is 0 Å². The smallest absolute Gasteiger partial charge is 0.221 e. The predicted molar refractivity (Wildman–Crippen MR) is 69.5 cm³/mol. The summed E-state index contributed by atoms with van der Waals surface area (Å²) in [4.78, 5) is 11.4. The molecule has 2 N–H and O–H groups in total. The van der Waals surface area contributed by atoms with Crippen LogP contribution in [0.5, 0.6) is 0 Å². The lowest BCUT2D eigenvalue weighted by Gasteiger charge is -2.07. The summed E-state index contributed by atoms with van der Waals surface area (Å²) < 4.78 is 0. The summed E-state index contributed by atoms with van der Waals surface area (Å²) in [7, 11) is 0. The minimum Gasteiger partial charge on any atom is -0.356 e. The Morgan fingerprint density at radius 3 is 2.50 bits per heavy atom. The first-order valence-corrected chi connectivity index (χ1v) is 6.64. The fourth-order valence-corrected chi connectivity index (χ4v) is 1.42. The van der Waals surface area contributed by atoms with Crippen LogP contribution in [-0.4, -0.2) is 25.5 Å². The Balaban J connectivity index is 3.17. The van der Waals surface area contributed by atoms with Crippen molar-refractivity contribution in [1.82, 2.24) is 10.6 Å². The lowest BCUT2D eigenvalue weighted by molar-refractivity contribution is -0.121. The van der Waals surface area contributed by atoms with Crippen LogP contribution < -0.4 is 10.6 Å². The molecule has 0 bridgehead atoms. The molecule has 0 fully saturated rings. The molecule has 0 saturated heterocycles. The first-order valence-electron chi connectivity index (χ1n) is 6.64. The highest BCUT2D eigenvalue weighted by atomic mass is 16.1. The second-order valence-corrected chi connectivity index (χ2v) is 4.74.